The highest BCUT2D eigenvalue weighted by molar-refractivity contribution is 5.80. The first-order chi connectivity index (χ1) is 52.5. The summed E-state index contributed by atoms with van der Waals surface area (Å²) in [4.78, 5) is 45.1. The molecular weight excluding hydrogens is 1610 g/mol. The van der Waals surface area contributed by atoms with Gasteiger partial charge < -0.3 is 76.9 Å². The second kappa shape index (κ2) is 33.9. The van der Waals surface area contributed by atoms with E-state index < -0.39 is 0 Å². The lowest BCUT2D eigenvalue weighted by Gasteiger charge is -2.52. The van der Waals surface area contributed by atoms with Crippen LogP contribution in [0.1, 0.15) is 291 Å². The molecule has 14 heteroatoms. The minimum absolute atomic E-state index is 0. The number of rotatable bonds is 8. The molecule has 0 aromatic heterocycles. The van der Waals surface area contributed by atoms with Gasteiger partial charge in [-0.15, -0.1) is 0 Å². The molecule has 0 radical (unpaired) electrons. The van der Waals surface area contributed by atoms with Crippen molar-refractivity contribution in [3.8, 4) is 0 Å². The highest BCUT2D eigenvalue weighted by Gasteiger charge is 2.65. The summed E-state index contributed by atoms with van der Waals surface area (Å²) in [7, 11) is 14.0. The first-order valence-electron chi connectivity index (χ1n) is 47.6. The van der Waals surface area contributed by atoms with Crippen LogP contribution in [0.2, 0.25) is 0 Å². The average molecular weight is 1780 g/mol. The third-order valence-corrected chi connectivity index (χ3v) is 37.5. The van der Waals surface area contributed by atoms with E-state index in [0.717, 1.165) is 164 Å². The van der Waals surface area contributed by atoms with Crippen molar-refractivity contribution in [1.82, 2.24) is 14.7 Å². The van der Waals surface area contributed by atoms with Gasteiger partial charge in [0.2, 0.25) is 0 Å². The summed E-state index contributed by atoms with van der Waals surface area (Å²) < 4.78 is 30.0. The molecule has 112 heavy (non-hydrogen) atoms. The van der Waals surface area contributed by atoms with Gasteiger partial charge in [0.25, 0.3) is 0 Å². The maximum absolute atomic E-state index is 12.3. The molecule has 6 heterocycles. The second-order valence-electron chi connectivity index (χ2n) is 45.7. The van der Waals surface area contributed by atoms with Crippen molar-refractivity contribution in [3.63, 3.8) is 0 Å². The van der Waals surface area contributed by atoms with Crippen LogP contribution in [0.4, 0.5) is 0 Å². The number of nitrogens with two attached hydrogens (primary N) is 1. The van der Waals surface area contributed by atoms with E-state index in [0.29, 0.717) is 118 Å². The molecule has 30 atom stereocenters. The lowest BCUT2D eigenvalue weighted by atomic mass is 9.52. The van der Waals surface area contributed by atoms with E-state index in [1.165, 1.54) is 161 Å². The average Bonchev–Trinajstić information content (AvgIpc) is 1.57. The maximum Gasteiger partial charge on any atom is 0.133 e. The Balaban J connectivity index is 0.000000144. The van der Waals surface area contributed by atoms with Gasteiger partial charge in [0, 0.05) is 122 Å². The summed E-state index contributed by atoms with van der Waals surface area (Å²) in [5.74, 6) is 14.6. The van der Waals surface area contributed by atoms with Crippen molar-refractivity contribution in [2.75, 3.05) is 101 Å². The number of allylic oxidation sites excluding steroid dienone is 3. The summed E-state index contributed by atoms with van der Waals surface area (Å²) in [6.45, 7) is 42.4. The summed E-state index contributed by atoms with van der Waals surface area (Å²) in [6, 6.07) is 1.71. The van der Waals surface area contributed by atoms with Gasteiger partial charge in [-0.25, -0.2) is 0 Å². The number of halogens is 2. The van der Waals surface area contributed by atoms with Gasteiger partial charge in [-0.3, -0.25) is 29.1 Å². The van der Waals surface area contributed by atoms with Crippen molar-refractivity contribution < 1.29 is 86.9 Å². The van der Waals surface area contributed by atoms with Gasteiger partial charge in [-0.05, 0) is 280 Å². The quantitative estimate of drug-likeness (QED) is 0.143. The van der Waals surface area contributed by atoms with Crippen LogP contribution in [-0.2, 0) is 28.6 Å². The monoisotopic (exact) mass is 1780 g/mol. The number of fused-ring (bicyclic) bond motifs is 18. The number of Topliss-reactive ketones (excluding diaryl/α,β-unsaturated/α-hetero) is 3. The standard InChI is InChI=1S/2C33H55N2O2.C30H48N2O2.C2H6.2HI/c2*1-21-16-30-31(34(20-21)14-15-35(5,6)7)23(3)33(37-30)13-11-26-27-9-8-24-17-25(36)10-12-32(24,4)29(27)18-28(26)22(2)19-33;1-18-13-27-28(32(17-18)12-11-31)20(3)30(34-27)10-8-23-24-6-5-21-14-22(33)7-9-29(21,4)26(24)15-25(23)19(2)16-30;1-2;;/h2*21,23-24,26-27,29-31H,8-20H2,1-7H3;18,20-21,23-24,26-28H,5-17,31H2,1-4H3;1-2H3;2*1H/q2*+1;;;;/p-2/t2*21-,23+,24+,26-,27-,29-,30+,31-,32-,33-;18-,20+,21?,23-,24-,26-,27+,28-,29-,30-;;;/m000.../s1/i;;;1D;;. The molecule has 636 valence electrons. The Bertz CT molecular complexity index is 3360. The lowest BCUT2D eigenvalue weighted by molar-refractivity contribution is -0.869. The number of likely N-dealkylation sites (N-methyl/N-ethyl adjacent to an activating group) is 2. The predicted molar refractivity (Wildman–Crippen MR) is 448 cm³/mol. The van der Waals surface area contributed by atoms with Gasteiger partial charge in [-0.2, -0.15) is 0 Å². The Kier molecular flexibility index (Phi) is 26.5. The molecule has 18 rings (SSSR count). The molecule has 6 saturated heterocycles. The van der Waals surface area contributed by atoms with Crippen molar-refractivity contribution in [2.24, 2.45) is 129 Å². The maximum atomic E-state index is 12.3. The Hall–Kier alpha value is -0.670. The zero-order chi connectivity index (χ0) is 79.2. The fraction of sp³-hybridized carbons (Fsp3) is 0.908. The SMILES string of the molecule is CC1=C2C[C@H]3[C@@H](CCC4CC(=O)CC[C@@]43C)[C@@H]2CC[C@@]2(C1)O[C@@H]1C[C@H](C)CN(CCN)[C@H]1[C@H]2C.CC1=C2C[C@H]3[C@@H](CC[C@@H]4CC(=O)CC[C@@]43C)[C@@H]2CC[C@@]2(C1)O[C@@H]1C[C@H](C)CN(CC[N+](C)(C)C)[C@H]1[C@H]2C.CC1=C2C[C@H]3[C@@H](CC[C@@H]4CC(=O)CC[C@@]43C)[C@@H]2CC[C@@]2(C1)O[C@@H]1C[C@H](C)CN(CC[N+](C)(C)C)[C@H]1[C@H]2C.[2H]CC.[I-].[I-]. The molecule has 6 aliphatic heterocycles. The van der Waals surface area contributed by atoms with Crippen LogP contribution >= 0.6 is 0 Å². The Morgan fingerprint density at radius 1 is 0.429 bits per heavy atom. The topological polar surface area (TPSA) is 115 Å². The van der Waals surface area contributed by atoms with Crippen LogP contribution in [0.5, 0.6) is 0 Å². The zero-order valence-electron chi connectivity index (χ0n) is 75.7. The Morgan fingerprint density at radius 2 is 0.705 bits per heavy atom. The molecular formula is C98H164I2N6O6. The molecule has 12 aliphatic carbocycles. The molecule has 12 nitrogen and oxygen atoms in total. The summed E-state index contributed by atoms with van der Waals surface area (Å²) >= 11 is 0. The minimum atomic E-state index is 0. The summed E-state index contributed by atoms with van der Waals surface area (Å²) in [5, 5.41) is 0. The van der Waals surface area contributed by atoms with Crippen molar-refractivity contribution in [3.05, 3.63) is 33.4 Å². The first-order valence-corrected chi connectivity index (χ1v) is 46.9. The van der Waals surface area contributed by atoms with E-state index in [1.54, 1.807) is 23.6 Å². The number of nitrogens with zero attached hydrogens (tertiary/aromatic N) is 5. The van der Waals surface area contributed by atoms with Crippen LogP contribution in [0.25, 0.3) is 0 Å². The largest absolute Gasteiger partial charge is 1.00 e. The van der Waals surface area contributed by atoms with E-state index in [9.17, 15) is 14.4 Å². The molecule has 0 aromatic rings. The Morgan fingerprint density at radius 3 is 0.973 bits per heavy atom. The van der Waals surface area contributed by atoms with Crippen LogP contribution in [0.15, 0.2) is 33.4 Å². The molecule has 3 spiro atoms. The number of ether oxygens (including phenoxy) is 3. The van der Waals surface area contributed by atoms with Gasteiger partial charge in [-0.1, -0.05) is 110 Å². The van der Waals surface area contributed by atoms with E-state index in [1.807, 2.05) is 16.7 Å². The van der Waals surface area contributed by atoms with Crippen molar-refractivity contribution >= 4 is 17.3 Å². The number of carbonyl (C=O) groups is 3. The van der Waals surface area contributed by atoms with Crippen molar-refractivity contribution in [2.45, 2.75) is 343 Å². The lowest BCUT2D eigenvalue weighted by Crippen LogP contribution is -3.00. The number of ketones is 3. The Labute approximate surface area is 719 Å². The highest BCUT2D eigenvalue weighted by Crippen LogP contribution is 2.70. The predicted octanol–water partition coefficient (Wildman–Crippen LogP) is 12.6. The fourth-order valence-electron chi connectivity index (χ4n) is 31.8. The molecule has 18 aliphatic rings. The minimum Gasteiger partial charge on any atom is -1.00 e. The van der Waals surface area contributed by atoms with Crippen LogP contribution < -0.4 is 53.7 Å². The molecule has 9 saturated carbocycles. The molecule has 15 fully saturated rings. The van der Waals surface area contributed by atoms with Gasteiger partial charge in [0.1, 0.15) is 17.3 Å². The number of piperidine rings is 3. The number of hydrogen-bond acceptors (Lipinski definition) is 10. The molecule has 2 N–H and O–H groups in total. The normalized spacial score (nSPS) is 47.7. The van der Waals surface area contributed by atoms with Gasteiger partial charge >= 0.3 is 0 Å². The third kappa shape index (κ3) is 16.2. The van der Waals surface area contributed by atoms with Crippen LogP contribution in [0, 0.1) is 123 Å². The molecule has 0 aromatic carbocycles. The first kappa shape index (κ1) is 87.7. The van der Waals surface area contributed by atoms with Crippen LogP contribution in [0.3, 0.4) is 0 Å². The number of quaternary nitrogens is 2. The van der Waals surface area contributed by atoms with Crippen LogP contribution in [-0.4, -0.2) is 195 Å². The van der Waals surface area contributed by atoms with E-state index in [2.05, 4.69) is 140 Å². The molecule has 0 bridgehead atoms. The van der Waals surface area contributed by atoms with E-state index >= 15 is 0 Å². The van der Waals surface area contributed by atoms with E-state index in [-0.39, 0.29) is 64.8 Å². The summed E-state index contributed by atoms with van der Waals surface area (Å²) in [6.07, 6.45) is 36.3. The third-order valence-electron chi connectivity index (χ3n) is 37.5. The number of likely N-dealkylation sites (tertiary alicyclic amines) is 3. The summed E-state index contributed by atoms with van der Waals surface area (Å²) in [5.41, 5.74) is 17.8. The zero-order valence-corrected chi connectivity index (χ0v) is 79.0. The van der Waals surface area contributed by atoms with Gasteiger partial charge in [0.05, 0.1) is 90.5 Å². The number of carbonyl (C=O) groups excluding carboxylic acids is 3. The number of hydrogen-bond donors (Lipinski definition) is 1. The van der Waals surface area contributed by atoms with Gasteiger partial charge in [0.15, 0.2) is 0 Å². The highest BCUT2D eigenvalue weighted by atomic mass is 127. The fourth-order valence-corrected chi connectivity index (χ4v) is 31.8. The van der Waals surface area contributed by atoms with E-state index in [4.69, 9.17) is 21.3 Å². The van der Waals surface area contributed by atoms with Crippen molar-refractivity contribution in [1.29, 1.82) is 0 Å². The second-order valence-corrected chi connectivity index (χ2v) is 45.7. The smallest absolute Gasteiger partial charge is 0.133 e. The molecule has 0 amide bonds. The molecule has 1 unspecified atom stereocenters.